The molecule has 1 aliphatic rings. The lowest BCUT2D eigenvalue weighted by Crippen LogP contribution is -2.41. The monoisotopic (exact) mass is 329 g/mol. The van der Waals surface area contributed by atoms with Crippen molar-refractivity contribution in [1.82, 2.24) is 4.90 Å². The van der Waals surface area contributed by atoms with Gasteiger partial charge in [0.15, 0.2) is 0 Å². The molecule has 98 valence electrons. The third-order valence-corrected chi connectivity index (χ3v) is 4.88. The van der Waals surface area contributed by atoms with E-state index in [1.807, 2.05) is 17.0 Å². The number of nitrogens with zero attached hydrogens (tertiary/aromatic N) is 1. The number of carbonyl (C=O) groups is 1. The molecule has 1 aliphatic heterocycles. The quantitative estimate of drug-likeness (QED) is 0.749. The van der Waals surface area contributed by atoms with Crippen molar-refractivity contribution in [1.29, 1.82) is 0 Å². The van der Waals surface area contributed by atoms with Gasteiger partial charge in [-0.1, -0.05) is 31.5 Å². The zero-order valence-electron chi connectivity index (χ0n) is 10.7. The molecule has 1 saturated heterocycles. The number of rotatable bonds is 1. The van der Waals surface area contributed by atoms with E-state index in [1.165, 1.54) is 0 Å². The zero-order chi connectivity index (χ0) is 13.3. The highest BCUT2D eigenvalue weighted by molar-refractivity contribution is 9.10. The molecule has 2 nitrogen and oxygen atoms in total. The predicted octanol–water partition coefficient (Wildman–Crippen LogP) is 4.36. The highest BCUT2D eigenvalue weighted by Crippen LogP contribution is 2.32. The second-order valence-electron chi connectivity index (χ2n) is 5.56. The molecule has 0 atom stereocenters. The molecule has 1 amide bonds. The van der Waals surface area contributed by atoms with E-state index in [0.717, 1.165) is 30.4 Å². The van der Waals surface area contributed by atoms with Gasteiger partial charge in [-0.15, -0.1) is 0 Å². The number of hydrogen-bond donors (Lipinski definition) is 0. The van der Waals surface area contributed by atoms with E-state index in [-0.39, 0.29) is 5.91 Å². The largest absolute Gasteiger partial charge is 0.339 e. The van der Waals surface area contributed by atoms with Gasteiger partial charge in [0, 0.05) is 17.6 Å². The van der Waals surface area contributed by atoms with E-state index in [1.54, 1.807) is 6.07 Å². The number of likely N-dealkylation sites (tertiary alicyclic amines) is 1. The second kappa shape index (κ2) is 5.22. The van der Waals surface area contributed by atoms with Gasteiger partial charge in [0.2, 0.25) is 0 Å². The first-order valence-electron chi connectivity index (χ1n) is 6.14. The smallest absolute Gasteiger partial charge is 0.255 e. The first-order valence-corrected chi connectivity index (χ1v) is 7.31. The third kappa shape index (κ3) is 2.89. The van der Waals surface area contributed by atoms with Gasteiger partial charge in [0.1, 0.15) is 0 Å². The molecule has 0 aromatic heterocycles. The van der Waals surface area contributed by atoms with Crippen molar-refractivity contribution < 1.29 is 4.79 Å². The highest BCUT2D eigenvalue weighted by atomic mass is 79.9. The Morgan fingerprint density at radius 2 is 1.94 bits per heavy atom. The summed E-state index contributed by atoms with van der Waals surface area (Å²) in [6.45, 7) is 6.13. The fourth-order valence-corrected chi connectivity index (χ4v) is 2.73. The van der Waals surface area contributed by atoms with Crippen LogP contribution in [-0.2, 0) is 0 Å². The Hall–Kier alpha value is -0.540. The molecular weight excluding hydrogens is 314 g/mol. The number of piperidine rings is 1. The summed E-state index contributed by atoms with van der Waals surface area (Å²) in [6.07, 6.45) is 2.09. The molecule has 0 radical (unpaired) electrons. The molecule has 18 heavy (non-hydrogen) atoms. The molecule has 1 aromatic carbocycles. The van der Waals surface area contributed by atoms with Crippen molar-refractivity contribution in [2.45, 2.75) is 26.7 Å². The van der Waals surface area contributed by atoms with E-state index >= 15 is 0 Å². The predicted molar refractivity (Wildman–Crippen MR) is 78.1 cm³/mol. The lowest BCUT2D eigenvalue weighted by atomic mass is 9.82. The SMILES string of the molecule is CC1(C)CCN(C(=O)c2cccc(Br)c2Cl)CC1. The van der Waals surface area contributed by atoms with Gasteiger partial charge in [-0.2, -0.15) is 0 Å². The number of amides is 1. The first-order chi connectivity index (χ1) is 8.41. The molecule has 1 heterocycles. The van der Waals surface area contributed by atoms with Crippen molar-refractivity contribution in [3.8, 4) is 0 Å². The Morgan fingerprint density at radius 3 is 2.56 bits per heavy atom. The number of hydrogen-bond acceptors (Lipinski definition) is 1. The molecule has 0 spiro atoms. The Morgan fingerprint density at radius 1 is 1.33 bits per heavy atom. The van der Waals surface area contributed by atoms with Crippen molar-refractivity contribution in [3.05, 3.63) is 33.3 Å². The molecule has 0 bridgehead atoms. The molecule has 4 heteroatoms. The van der Waals surface area contributed by atoms with Crippen molar-refractivity contribution >= 4 is 33.4 Å². The topological polar surface area (TPSA) is 20.3 Å². The zero-order valence-corrected chi connectivity index (χ0v) is 13.0. The average Bonchev–Trinajstić information content (AvgIpc) is 2.32. The number of benzene rings is 1. The summed E-state index contributed by atoms with van der Waals surface area (Å²) in [5.41, 5.74) is 0.934. The third-order valence-electron chi connectivity index (χ3n) is 3.59. The minimum absolute atomic E-state index is 0.0387. The maximum atomic E-state index is 12.4. The summed E-state index contributed by atoms with van der Waals surface area (Å²) >= 11 is 9.52. The molecule has 2 rings (SSSR count). The fourth-order valence-electron chi connectivity index (χ4n) is 2.15. The molecule has 1 aromatic rings. The van der Waals surface area contributed by atoms with Crippen LogP contribution < -0.4 is 0 Å². The number of halogens is 2. The summed E-state index contributed by atoms with van der Waals surface area (Å²) in [6, 6.07) is 5.48. The fraction of sp³-hybridized carbons (Fsp3) is 0.500. The van der Waals surface area contributed by atoms with E-state index in [0.29, 0.717) is 16.0 Å². The average molecular weight is 331 g/mol. The minimum Gasteiger partial charge on any atom is -0.339 e. The standard InChI is InChI=1S/C14H17BrClNO/c1-14(2)6-8-17(9-7-14)13(18)10-4-3-5-11(15)12(10)16/h3-5H,6-9H2,1-2H3. The summed E-state index contributed by atoms with van der Waals surface area (Å²) in [5, 5.41) is 0.507. The van der Waals surface area contributed by atoms with Gasteiger partial charge in [-0.05, 0) is 46.3 Å². The Labute approximate surface area is 121 Å². The van der Waals surface area contributed by atoms with Crippen LogP contribution >= 0.6 is 27.5 Å². The van der Waals surface area contributed by atoms with E-state index < -0.39 is 0 Å². The second-order valence-corrected chi connectivity index (χ2v) is 6.79. The van der Waals surface area contributed by atoms with E-state index in [9.17, 15) is 4.79 Å². The van der Waals surface area contributed by atoms with Crippen LogP contribution in [0.25, 0.3) is 0 Å². The van der Waals surface area contributed by atoms with Crippen LogP contribution in [0.15, 0.2) is 22.7 Å². The Kier molecular flexibility index (Phi) is 4.02. The van der Waals surface area contributed by atoms with E-state index in [2.05, 4.69) is 29.8 Å². The van der Waals surface area contributed by atoms with Gasteiger partial charge in [-0.25, -0.2) is 0 Å². The molecule has 1 fully saturated rings. The van der Waals surface area contributed by atoms with Crippen LogP contribution in [0.3, 0.4) is 0 Å². The van der Waals surface area contributed by atoms with Crippen LogP contribution in [0, 0.1) is 5.41 Å². The normalized spacial score (nSPS) is 18.8. The van der Waals surface area contributed by atoms with Gasteiger partial charge >= 0.3 is 0 Å². The van der Waals surface area contributed by atoms with Crippen LogP contribution in [-0.4, -0.2) is 23.9 Å². The van der Waals surface area contributed by atoms with Crippen molar-refractivity contribution in [3.63, 3.8) is 0 Å². The number of carbonyl (C=O) groups excluding carboxylic acids is 1. The summed E-state index contributed by atoms with van der Waals surface area (Å²) in [7, 11) is 0. The van der Waals surface area contributed by atoms with Crippen LogP contribution in [0.1, 0.15) is 37.0 Å². The lowest BCUT2D eigenvalue weighted by Gasteiger charge is -2.37. The van der Waals surface area contributed by atoms with Gasteiger partial charge < -0.3 is 4.90 Å². The lowest BCUT2D eigenvalue weighted by molar-refractivity contribution is 0.0630. The van der Waals surface area contributed by atoms with Crippen LogP contribution in [0.4, 0.5) is 0 Å². The summed E-state index contributed by atoms with van der Waals surface area (Å²) in [5.74, 6) is 0.0387. The molecule has 0 N–H and O–H groups in total. The van der Waals surface area contributed by atoms with Gasteiger partial charge in [-0.3, -0.25) is 4.79 Å². The van der Waals surface area contributed by atoms with E-state index in [4.69, 9.17) is 11.6 Å². The van der Waals surface area contributed by atoms with Crippen molar-refractivity contribution in [2.75, 3.05) is 13.1 Å². The minimum atomic E-state index is 0.0387. The Balaban J connectivity index is 2.15. The van der Waals surface area contributed by atoms with Crippen molar-refractivity contribution in [2.24, 2.45) is 5.41 Å². The van der Waals surface area contributed by atoms with Gasteiger partial charge in [0.05, 0.1) is 10.6 Å². The maximum Gasteiger partial charge on any atom is 0.255 e. The van der Waals surface area contributed by atoms with Crippen LogP contribution in [0.2, 0.25) is 5.02 Å². The molecule has 0 saturated carbocycles. The van der Waals surface area contributed by atoms with Crippen LogP contribution in [0.5, 0.6) is 0 Å². The summed E-state index contributed by atoms with van der Waals surface area (Å²) in [4.78, 5) is 14.3. The molecule has 0 aliphatic carbocycles. The summed E-state index contributed by atoms with van der Waals surface area (Å²) < 4.78 is 0.771. The molecule has 0 unspecified atom stereocenters. The highest BCUT2D eigenvalue weighted by Gasteiger charge is 2.29. The molecular formula is C14H17BrClNO. The maximum absolute atomic E-state index is 12.4. The Bertz CT molecular complexity index is 463. The van der Waals surface area contributed by atoms with Gasteiger partial charge in [0.25, 0.3) is 5.91 Å². The first kappa shape index (κ1) is 13.9.